The number of benzene rings is 1. The molecular weight excluding hydrogens is 312 g/mol. The summed E-state index contributed by atoms with van der Waals surface area (Å²) in [6.45, 7) is 3.13. The lowest BCUT2D eigenvalue weighted by atomic mass is 9.92. The van der Waals surface area contributed by atoms with Crippen LogP contribution in [0.1, 0.15) is 48.0 Å². The summed E-state index contributed by atoms with van der Waals surface area (Å²) in [5.74, 6) is 1.81. The van der Waals surface area contributed by atoms with Crippen LogP contribution in [0.25, 0.3) is 0 Å². The van der Waals surface area contributed by atoms with Crippen LogP contribution >= 0.6 is 12.4 Å². The maximum atomic E-state index is 5.52. The number of nitrogens with two attached hydrogens (primary N) is 1. The molecule has 1 saturated carbocycles. The van der Waals surface area contributed by atoms with Gasteiger partial charge in [0.15, 0.2) is 5.82 Å². The van der Waals surface area contributed by atoms with Crippen molar-refractivity contribution in [3.63, 3.8) is 0 Å². The normalized spacial score (nSPS) is 20.7. The second kappa shape index (κ2) is 7.90. The fraction of sp³-hybridized carbons (Fsp3) is 0.529. The topological polar surface area (TPSA) is 68.2 Å². The van der Waals surface area contributed by atoms with E-state index in [-0.39, 0.29) is 12.4 Å². The summed E-state index contributed by atoms with van der Waals surface area (Å²) in [6, 6.07) is 9.48. The first-order valence-electron chi connectivity index (χ1n) is 7.95. The zero-order valence-corrected chi connectivity index (χ0v) is 14.6. The highest BCUT2D eigenvalue weighted by Gasteiger charge is 2.32. The first-order valence-corrected chi connectivity index (χ1v) is 7.95. The molecular formula is C17H25ClN4O. The van der Waals surface area contributed by atoms with Gasteiger partial charge in [-0.1, -0.05) is 41.4 Å². The Hall–Kier alpha value is -1.43. The molecule has 1 heterocycles. The van der Waals surface area contributed by atoms with Gasteiger partial charge in [-0.25, -0.2) is 0 Å². The molecule has 2 aromatic rings. The molecule has 126 valence electrons. The van der Waals surface area contributed by atoms with Gasteiger partial charge in [0.1, 0.15) is 0 Å². The van der Waals surface area contributed by atoms with Crippen molar-refractivity contribution < 1.29 is 4.52 Å². The zero-order chi connectivity index (χ0) is 15.5. The summed E-state index contributed by atoms with van der Waals surface area (Å²) >= 11 is 0. The molecule has 1 aliphatic carbocycles. The molecule has 1 aromatic heterocycles. The van der Waals surface area contributed by atoms with E-state index < -0.39 is 0 Å². The molecule has 1 aliphatic rings. The van der Waals surface area contributed by atoms with Gasteiger partial charge in [0.25, 0.3) is 0 Å². The van der Waals surface area contributed by atoms with E-state index in [9.17, 15) is 0 Å². The van der Waals surface area contributed by atoms with Crippen molar-refractivity contribution in [2.24, 2.45) is 5.73 Å². The number of likely N-dealkylation sites (N-methyl/N-ethyl adjacent to an activating group) is 1. The molecule has 2 atom stereocenters. The van der Waals surface area contributed by atoms with Crippen molar-refractivity contribution in [1.29, 1.82) is 0 Å². The Kier molecular flexibility index (Phi) is 6.16. The van der Waals surface area contributed by atoms with E-state index >= 15 is 0 Å². The Bertz CT molecular complexity index is 613. The summed E-state index contributed by atoms with van der Waals surface area (Å²) in [7, 11) is 2.15. The van der Waals surface area contributed by atoms with Gasteiger partial charge in [0.05, 0.1) is 13.1 Å². The number of hydrogen-bond acceptors (Lipinski definition) is 5. The van der Waals surface area contributed by atoms with Crippen LogP contribution in [0.5, 0.6) is 0 Å². The summed E-state index contributed by atoms with van der Waals surface area (Å²) in [4.78, 5) is 6.65. The predicted molar refractivity (Wildman–Crippen MR) is 92.5 cm³/mol. The molecule has 6 heteroatoms. The Labute approximate surface area is 143 Å². The summed E-state index contributed by atoms with van der Waals surface area (Å²) in [6.07, 6.45) is 3.74. The molecule has 0 radical (unpaired) electrons. The lowest BCUT2D eigenvalue weighted by Gasteiger charge is -2.29. The molecule has 5 nitrogen and oxygen atoms in total. The molecule has 23 heavy (non-hydrogen) atoms. The van der Waals surface area contributed by atoms with Crippen LogP contribution < -0.4 is 5.73 Å². The van der Waals surface area contributed by atoms with Crippen LogP contribution in [0.3, 0.4) is 0 Å². The van der Waals surface area contributed by atoms with Crippen molar-refractivity contribution >= 4 is 12.4 Å². The van der Waals surface area contributed by atoms with Crippen molar-refractivity contribution in [3.05, 3.63) is 47.1 Å². The first kappa shape index (κ1) is 17.9. The molecule has 0 aliphatic heterocycles. The van der Waals surface area contributed by atoms with Crippen molar-refractivity contribution in [1.82, 2.24) is 15.0 Å². The van der Waals surface area contributed by atoms with Gasteiger partial charge in [0, 0.05) is 6.04 Å². The summed E-state index contributed by atoms with van der Waals surface area (Å²) < 4.78 is 5.09. The monoisotopic (exact) mass is 336 g/mol. The lowest BCUT2D eigenvalue weighted by Crippen LogP contribution is -2.33. The number of halogens is 1. The average molecular weight is 337 g/mol. The minimum atomic E-state index is 0. The summed E-state index contributed by atoms with van der Waals surface area (Å²) in [5.41, 5.74) is 8.27. The van der Waals surface area contributed by atoms with Crippen LogP contribution in [-0.4, -0.2) is 28.1 Å². The van der Waals surface area contributed by atoms with Crippen LogP contribution in [0.15, 0.2) is 28.8 Å². The van der Waals surface area contributed by atoms with Crippen LogP contribution in [-0.2, 0) is 13.1 Å². The maximum Gasteiger partial charge on any atom is 0.240 e. The second-order valence-corrected chi connectivity index (χ2v) is 6.24. The highest BCUT2D eigenvalue weighted by molar-refractivity contribution is 5.85. The highest BCUT2D eigenvalue weighted by atomic mass is 35.5. The van der Waals surface area contributed by atoms with E-state index in [0.717, 1.165) is 5.82 Å². The third-order valence-electron chi connectivity index (χ3n) is 4.63. The highest BCUT2D eigenvalue weighted by Crippen LogP contribution is 2.37. The van der Waals surface area contributed by atoms with Gasteiger partial charge in [-0.05, 0) is 38.3 Å². The Morgan fingerprint density at radius 3 is 2.65 bits per heavy atom. The van der Waals surface area contributed by atoms with E-state index in [1.54, 1.807) is 0 Å². The lowest BCUT2D eigenvalue weighted by molar-refractivity contribution is 0.211. The quantitative estimate of drug-likeness (QED) is 0.909. The molecule has 0 amide bonds. The average Bonchev–Trinajstić information content (AvgIpc) is 3.16. The molecule has 0 spiro atoms. The van der Waals surface area contributed by atoms with Gasteiger partial charge in [0.2, 0.25) is 5.89 Å². The minimum Gasteiger partial charge on any atom is -0.338 e. The standard InChI is InChI=1S/C17H24N4O.ClH/c1-12-6-8-13(9-7-12)14-4-3-5-15(14)21(2)11-16-19-17(10-18)22-20-16;/h6-9,14-15H,3-5,10-11,18H2,1-2H3;1H. The largest absolute Gasteiger partial charge is 0.338 e. The van der Waals surface area contributed by atoms with Gasteiger partial charge in [-0.15, -0.1) is 12.4 Å². The molecule has 1 fully saturated rings. The number of hydrogen-bond donors (Lipinski definition) is 1. The third-order valence-corrected chi connectivity index (χ3v) is 4.63. The number of nitrogens with zero attached hydrogens (tertiary/aromatic N) is 3. The fourth-order valence-corrected chi connectivity index (χ4v) is 3.45. The SMILES string of the molecule is Cc1ccc(C2CCCC2N(C)Cc2noc(CN)n2)cc1.Cl. The predicted octanol–water partition coefficient (Wildman–Crippen LogP) is 3.03. The van der Waals surface area contributed by atoms with Crippen molar-refractivity contribution in [2.45, 2.75) is 51.2 Å². The maximum absolute atomic E-state index is 5.52. The molecule has 0 bridgehead atoms. The van der Waals surface area contributed by atoms with Gasteiger partial charge in [-0.2, -0.15) is 4.98 Å². The molecule has 3 rings (SSSR count). The van der Waals surface area contributed by atoms with Crippen LogP contribution in [0.4, 0.5) is 0 Å². The van der Waals surface area contributed by atoms with E-state index in [4.69, 9.17) is 10.3 Å². The van der Waals surface area contributed by atoms with Gasteiger partial charge in [-0.3, -0.25) is 4.90 Å². The third kappa shape index (κ3) is 4.10. The van der Waals surface area contributed by atoms with Crippen LogP contribution in [0, 0.1) is 6.92 Å². The van der Waals surface area contributed by atoms with Crippen molar-refractivity contribution in [2.75, 3.05) is 7.05 Å². The van der Waals surface area contributed by atoms with E-state index in [1.165, 1.54) is 30.4 Å². The molecule has 2 unspecified atom stereocenters. The number of aryl methyl sites for hydroxylation is 1. The van der Waals surface area contributed by atoms with E-state index in [0.29, 0.717) is 30.9 Å². The summed E-state index contributed by atoms with van der Waals surface area (Å²) in [5, 5.41) is 4.00. The molecule has 0 saturated heterocycles. The minimum absolute atomic E-state index is 0. The second-order valence-electron chi connectivity index (χ2n) is 6.24. The zero-order valence-electron chi connectivity index (χ0n) is 13.7. The van der Waals surface area contributed by atoms with Crippen LogP contribution in [0.2, 0.25) is 0 Å². The Morgan fingerprint density at radius 2 is 2.00 bits per heavy atom. The first-order chi connectivity index (χ1) is 10.7. The Morgan fingerprint density at radius 1 is 1.26 bits per heavy atom. The number of aromatic nitrogens is 2. The fourth-order valence-electron chi connectivity index (χ4n) is 3.45. The van der Waals surface area contributed by atoms with Gasteiger partial charge < -0.3 is 10.3 Å². The Balaban J connectivity index is 0.00000192. The molecule has 2 N–H and O–H groups in total. The van der Waals surface area contributed by atoms with Gasteiger partial charge >= 0.3 is 0 Å². The van der Waals surface area contributed by atoms with Crippen molar-refractivity contribution in [3.8, 4) is 0 Å². The smallest absolute Gasteiger partial charge is 0.240 e. The number of rotatable bonds is 5. The van der Waals surface area contributed by atoms with E-state index in [2.05, 4.69) is 53.3 Å². The molecule has 1 aromatic carbocycles. The van der Waals surface area contributed by atoms with E-state index in [1.807, 2.05) is 0 Å².